The van der Waals surface area contributed by atoms with Gasteiger partial charge in [0.1, 0.15) is 5.82 Å². The van der Waals surface area contributed by atoms with Crippen LogP contribution in [0.15, 0.2) is 41.0 Å². The molecule has 0 saturated carbocycles. The molecule has 2 aromatic rings. The number of anilines is 2. The lowest BCUT2D eigenvalue weighted by Gasteiger charge is -2.07. The lowest BCUT2D eigenvalue weighted by Crippen LogP contribution is -2.15. The van der Waals surface area contributed by atoms with Gasteiger partial charge in [-0.15, -0.1) is 0 Å². The van der Waals surface area contributed by atoms with Gasteiger partial charge in [0.15, 0.2) is 0 Å². The summed E-state index contributed by atoms with van der Waals surface area (Å²) in [5, 5.41) is 2.62. The predicted octanol–water partition coefficient (Wildman–Crippen LogP) is 2.75. The van der Waals surface area contributed by atoms with Gasteiger partial charge in [-0.1, -0.05) is 0 Å². The minimum absolute atomic E-state index is 0.100. The average molecular weight is 324 g/mol. The number of pyridine rings is 1. The van der Waals surface area contributed by atoms with Crippen molar-refractivity contribution in [2.75, 3.05) is 11.1 Å². The molecule has 6 heteroatoms. The molecule has 1 aromatic carbocycles. The number of hydrogen-bond acceptors (Lipinski definition) is 3. The van der Waals surface area contributed by atoms with E-state index in [0.29, 0.717) is 21.5 Å². The van der Waals surface area contributed by atoms with Crippen LogP contribution in [0.3, 0.4) is 0 Å². The number of aromatic nitrogens is 1. The molecule has 0 atom stereocenters. The van der Waals surface area contributed by atoms with Crippen LogP contribution < -0.4 is 11.1 Å². The van der Waals surface area contributed by atoms with Gasteiger partial charge in [-0.25, -0.2) is 4.39 Å². The Morgan fingerprint density at radius 3 is 2.84 bits per heavy atom. The van der Waals surface area contributed by atoms with E-state index < -0.39 is 5.82 Å². The second-order valence-corrected chi connectivity index (χ2v) is 4.79. The number of carbonyl (C=O) groups excluding carboxylic acids is 1. The van der Waals surface area contributed by atoms with Gasteiger partial charge in [-0.3, -0.25) is 9.78 Å². The highest BCUT2D eigenvalue weighted by molar-refractivity contribution is 9.10. The molecule has 0 aliphatic carbocycles. The molecule has 0 fully saturated rings. The van der Waals surface area contributed by atoms with E-state index >= 15 is 0 Å². The summed E-state index contributed by atoms with van der Waals surface area (Å²) in [6, 6.07) is 7.44. The lowest BCUT2D eigenvalue weighted by molar-refractivity contribution is -0.115. The second-order valence-electron chi connectivity index (χ2n) is 3.93. The average Bonchev–Trinajstić information content (AvgIpc) is 2.37. The van der Waals surface area contributed by atoms with Crippen molar-refractivity contribution in [3.05, 3.63) is 52.5 Å². The van der Waals surface area contributed by atoms with Gasteiger partial charge in [-0.2, -0.15) is 0 Å². The molecule has 3 N–H and O–H groups in total. The maximum Gasteiger partial charge on any atom is 0.230 e. The molecule has 4 nitrogen and oxygen atoms in total. The summed E-state index contributed by atoms with van der Waals surface area (Å²) in [6.07, 6.45) is 1.59. The quantitative estimate of drug-likeness (QED) is 0.912. The first kappa shape index (κ1) is 13.5. The van der Waals surface area contributed by atoms with Crippen LogP contribution in [0.5, 0.6) is 0 Å². The number of benzene rings is 1. The standard InChI is InChI=1S/C13H11BrFN3O/c14-11-4-1-8(15)5-12(11)18-13(19)6-10-3-2-9(16)7-17-10/h1-5,7H,6,16H2,(H,18,19). The van der Waals surface area contributed by atoms with Gasteiger partial charge >= 0.3 is 0 Å². The van der Waals surface area contributed by atoms with Crippen LogP contribution in [-0.2, 0) is 11.2 Å². The van der Waals surface area contributed by atoms with Gasteiger partial charge in [-0.05, 0) is 46.3 Å². The minimum Gasteiger partial charge on any atom is -0.397 e. The van der Waals surface area contributed by atoms with Crippen LogP contribution >= 0.6 is 15.9 Å². The number of nitrogens with zero attached hydrogens (tertiary/aromatic N) is 1. The Morgan fingerprint density at radius 1 is 1.37 bits per heavy atom. The summed E-state index contributed by atoms with van der Waals surface area (Å²) in [5.41, 5.74) is 7.03. The van der Waals surface area contributed by atoms with Gasteiger partial charge in [0.25, 0.3) is 0 Å². The van der Waals surface area contributed by atoms with E-state index in [9.17, 15) is 9.18 Å². The molecule has 2 rings (SSSR count). The third-order valence-electron chi connectivity index (χ3n) is 2.39. The van der Waals surface area contributed by atoms with Gasteiger partial charge in [0.2, 0.25) is 5.91 Å². The van der Waals surface area contributed by atoms with Crippen molar-refractivity contribution in [2.45, 2.75) is 6.42 Å². The number of amides is 1. The van der Waals surface area contributed by atoms with Gasteiger partial charge < -0.3 is 11.1 Å². The molecule has 0 aliphatic heterocycles. The van der Waals surface area contributed by atoms with E-state index in [-0.39, 0.29) is 12.3 Å². The fourth-order valence-electron chi connectivity index (χ4n) is 1.49. The highest BCUT2D eigenvalue weighted by Crippen LogP contribution is 2.23. The first-order valence-corrected chi connectivity index (χ1v) is 6.29. The van der Waals surface area contributed by atoms with Crippen molar-refractivity contribution in [2.24, 2.45) is 0 Å². The van der Waals surface area contributed by atoms with Crippen molar-refractivity contribution in [1.29, 1.82) is 0 Å². The van der Waals surface area contributed by atoms with Crippen molar-refractivity contribution in [3.63, 3.8) is 0 Å². The van der Waals surface area contributed by atoms with E-state index in [0.717, 1.165) is 0 Å². The second kappa shape index (κ2) is 5.79. The van der Waals surface area contributed by atoms with E-state index in [1.54, 1.807) is 12.1 Å². The molecule has 1 amide bonds. The molecular weight excluding hydrogens is 313 g/mol. The molecule has 1 heterocycles. The Bertz CT molecular complexity index is 601. The summed E-state index contributed by atoms with van der Waals surface area (Å²) in [4.78, 5) is 15.8. The normalized spacial score (nSPS) is 10.2. The van der Waals surface area contributed by atoms with Crippen LogP contribution in [0.2, 0.25) is 0 Å². The first-order chi connectivity index (χ1) is 9.04. The fourth-order valence-corrected chi connectivity index (χ4v) is 1.84. The summed E-state index contributed by atoms with van der Waals surface area (Å²) in [6.45, 7) is 0. The van der Waals surface area contributed by atoms with E-state index in [1.807, 2.05) is 0 Å². The molecule has 0 unspecified atom stereocenters. The van der Waals surface area contributed by atoms with Crippen molar-refractivity contribution >= 4 is 33.2 Å². The number of hydrogen-bond donors (Lipinski definition) is 2. The van der Waals surface area contributed by atoms with Crippen molar-refractivity contribution in [1.82, 2.24) is 4.98 Å². The van der Waals surface area contributed by atoms with Crippen LogP contribution in [0, 0.1) is 5.82 Å². The zero-order valence-corrected chi connectivity index (χ0v) is 11.4. The van der Waals surface area contributed by atoms with Crippen LogP contribution in [0.1, 0.15) is 5.69 Å². The number of nitrogen functional groups attached to an aromatic ring is 1. The SMILES string of the molecule is Nc1ccc(CC(=O)Nc2cc(F)ccc2Br)nc1. The zero-order valence-electron chi connectivity index (χ0n) is 9.86. The maximum absolute atomic E-state index is 13.1. The van der Waals surface area contributed by atoms with Crippen molar-refractivity contribution < 1.29 is 9.18 Å². The fraction of sp³-hybridized carbons (Fsp3) is 0.0769. The monoisotopic (exact) mass is 323 g/mol. The smallest absolute Gasteiger partial charge is 0.230 e. The summed E-state index contributed by atoms with van der Waals surface area (Å²) < 4.78 is 13.7. The topological polar surface area (TPSA) is 68.0 Å². The number of carbonyl (C=O) groups is 1. The summed E-state index contributed by atoms with van der Waals surface area (Å²) in [5.74, 6) is -0.687. The van der Waals surface area contributed by atoms with Gasteiger partial charge in [0.05, 0.1) is 24.0 Å². The molecule has 19 heavy (non-hydrogen) atoms. The Morgan fingerprint density at radius 2 is 2.16 bits per heavy atom. The maximum atomic E-state index is 13.1. The summed E-state index contributed by atoms with van der Waals surface area (Å²) in [7, 11) is 0. The van der Waals surface area contributed by atoms with E-state index in [2.05, 4.69) is 26.2 Å². The zero-order chi connectivity index (χ0) is 13.8. The van der Waals surface area contributed by atoms with E-state index in [1.165, 1.54) is 24.4 Å². The third kappa shape index (κ3) is 3.75. The predicted molar refractivity (Wildman–Crippen MR) is 75.1 cm³/mol. The molecule has 0 saturated heterocycles. The van der Waals surface area contributed by atoms with Gasteiger partial charge in [0, 0.05) is 10.2 Å². The minimum atomic E-state index is -0.413. The number of nitrogens with one attached hydrogen (secondary N) is 1. The Hall–Kier alpha value is -1.95. The van der Waals surface area contributed by atoms with Crippen LogP contribution in [-0.4, -0.2) is 10.9 Å². The highest BCUT2D eigenvalue weighted by atomic mass is 79.9. The Kier molecular flexibility index (Phi) is 4.11. The lowest BCUT2D eigenvalue weighted by atomic mass is 10.2. The summed E-state index contributed by atoms with van der Waals surface area (Å²) >= 11 is 3.24. The largest absolute Gasteiger partial charge is 0.397 e. The first-order valence-electron chi connectivity index (χ1n) is 5.50. The Balaban J connectivity index is 2.05. The highest BCUT2D eigenvalue weighted by Gasteiger charge is 2.08. The molecule has 0 bridgehead atoms. The number of rotatable bonds is 3. The number of nitrogens with two attached hydrogens (primary N) is 1. The molecule has 0 radical (unpaired) electrons. The van der Waals surface area contributed by atoms with Crippen LogP contribution in [0.25, 0.3) is 0 Å². The molecule has 0 spiro atoms. The van der Waals surface area contributed by atoms with E-state index in [4.69, 9.17) is 5.73 Å². The molecule has 98 valence electrons. The van der Waals surface area contributed by atoms with Crippen LogP contribution in [0.4, 0.5) is 15.8 Å². The number of halogens is 2. The molecule has 0 aliphatic rings. The molecule has 1 aromatic heterocycles. The Labute approximate surface area is 118 Å². The molecular formula is C13H11BrFN3O. The third-order valence-corrected chi connectivity index (χ3v) is 3.08. The van der Waals surface area contributed by atoms with Crippen molar-refractivity contribution in [3.8, 4) is 0 Å².